The van der Waals surface area contributed by atoms with Gasteiger partial charge in [-0.15, -0.1) is 10.2 Å². The highest BCUT2D eigenvalue weighted by atomic mass is 16.5. The number of aryl methyl sites for hydroxylation is 1. The largest absolute Gasteiger partial charge is 0.480 e. The molecule has 1 saturated heterocycles. The topological polar surface area (TPSA) is 56.3 Å². The molecule has 1 aromatic heterocycles. The quantitative estimate of drug-likeness (QED) is 0.826. The van der Waals surface area contributed by atoms with Crippen LogP contribution in [0.15, 0.2) is 6.07 Å². The average Bonchev–Trinajstić information content (AvgIpc) is 2.31. The van der Waals surface area contributed by atoms with Crippen molar-refractivity contribution in [3.8, 4) is 11.8 Å². The molecule has 16 heavy (non-hydrogen) atoms. The van der Waals surface area contributed by atoms with Gasteiger partial charge in [0.1, 0.15) is 6.10 Å². The van der Waals surface area contributed by atoms with Gasteiger partial charge in [0.15, 0.2) is 0 Å². The van der Waals surface area contributed by atoms with Gasteiger partial charge in [0.05, 0.1) is 7.11 Å². The normalized spacial score (nSPS) is 17.1. The number of nitrogens with one attached hydrogen (secondary N) is 1. The van der Waals surface area contributed by atoms with Gasteiger partial charge < -0.3 is 14.8 Å². The minimum Gasteiger partial charge on any atom is -0.480 e. The summed E-state index contributed by atoms with van der Waals surface area (Å²) in [7, 11) is 1.59. The summed E-state index contributed by atoms with van der Waals surface area (Å²) in [4.78, 5) is 0. The first-order valence-electron chi connectivity index (χ1n) is 5.55. The second-order valence-corrected chi connectivity index (χ2v) is 3.94. The molecule has 0 bridgehead atoms. The molecule has 1 aliphatic rings. The summed E-state index contributed by atoms with van der Waals surface area (Å²) in [6, 6.07) is 1.87. The van der Waals surface area contributed by atoms with Gasteiger partial charge in [-0.3, -0.25) is 0 Å². The number of ether oxygens (including phenoxy) is 2. The monoisotopic (exact) mass is 223 g/mol. The van der Waals surface area contributed by atoms with E-state index in [0.29, 0.717) is 11.8 Å². The second-order valence-electron chi connectivity index (χ2n) is 3.94. The molecular weight excluding hydrogens is 206 g/mol. The minimum atomic E-state index is 0.253. The molecule has 0 aromatic carbocycles. The molecule has 0 atom stereocenters. The van der Waals surface area contributed by atoms with Crippen LogP contribution < -0.4 is 14.8 Å². The predicted molar refractivity (Wildman–Crippen MR) is 59.8 cm³/mol. The molecule has 0 spiro atoms. The van der Waals surface area contributed by atoms with Crippen molar-refractivity contribution in [1.29, 1.82) is 0 Å². The molecule has 0 amide bonds. The Morgan fingerprint density at radius 1 is 1.31 bits per heavy atom. The van der Waals surface area contributed by atoms with E-state index in [2.05, 4.69) is 15.5 Å². The van der Waals surface area contributed by atoms with Crippen molar-refractivity contribution < 1.29 is 9.47 Å². The van der Waals surface area contributed by atoms with Crippen LogP contribution in [0.4, 0.5) is 0 Å². The predicted octanol–water partition coefficient (Wildman–Crippen LogP) is 0.924. The zero-order valence-corrected chi connectivity index (χ0v) is 9.69. The zero-order valence-electron chi connectivity index (χ0n) is 9.69. The molecule has 2 heterocycles. The number of piperidine rings is 1. The van der Waals surface area contributed by atoms with Crippen molar-refractivity contribution >= 4 is 0 Å². The molecule has 5 heteroatoms. The van der Waals surface area contributed by atoms with Crippen LogP contribution in [0.25, 0.3) is 0 Å². The summed E-state index contributed by atoms with van der Waals surface area (Å²) in [5.41, 5.74) is 0.946. The van der Waals surface area contributed by atoms with E-state index in [-0.39, 0.29) is 6.10 Å². The standard InChI is InChI=1S/C11H17N3O2/c1-8-7-10(13-14-11(8)15-2)16-9-3-5-12-6-4-9/h7,9,12H,3-6H2,1-2H3. The summed E-state index contributed by atoms with van der Waals surface area (Å²) in [5, 5.41) is 11.2. The van der Waals surface area contributed by atoms with Gasteiger partial charge in [-0.25, -0.2) is 0 Å². The minimum absolute atomic E-state index is 0.253. The number of rotatable bonds is 3. The van der Waals surface area contributed by atoms with Crippen LogP contribution in [0, 0.1) is 6.92 Å². The maximum atomic E-state index is 5.77. The van der Waals surface area contributed by atoms with Crippen LogP contribution in [0.2, 0.25) is 0 Å². The molecule has 1 aromatic rings. The van der Waals surface area contributed by atoms with Gasteiger partial charge in [0, 0.05) is 11.6 Å². The Labute approximate surface area is 95.2 Å². The third-order valence-corrected chi connectivity index (χ3v) is 2.68. The molecule has 0 saturated carbocycles. The maximum absolute atomic E-state index is 5.77. The Morgan fingerprint density at radius 3 is 2.69 bits per heavy atom. The van der Waals surface area contributed by atoms with E-state index in [9.17, 15) is 0 Å². The van der Waals surface area contributed by atoms with Crippen molar-refractivity contribution in [3.05, 3.63) is 11.6 Å². The van der Waals surface area contributed by atoms with Crippen LogP contribution in [-0.2, 0) is 0 Å². The van der Waals surface area contributed by atoms with E-state index in [1.165, 1.54) is 0 Å². The second kappa shape index (κ2) is 5.12. The Bertz CT molecular complexity index is 351. The summed E-state index contributed by atoms with van der Waals surface area (Å²) in [6.45, 7) is 3.95. The first-order chi connectivity index (χ1) is 7.79. The highest BCUT2D eigenvalue weighted by Gasteiger charge is 2.15. The average molecular weight is 223 g/mol. The Hall–Kier alpha value is -1.36. The summed E-state index contributed by atoms with van der Waals surface area (Å²) >= 11 is 0. The number of hydrogen-bond donors (Lipinski definition) is 1. The van der Waals surface area contributed by atoms with Gasteiger partial charge in [0.25, 0.3) is 0 Å². The molecule has 0 radical (unpaired) electrons. The van der Waals surface area contributed by atoms with Gasteiger partial charge in [-0.2, -0.15) is 0 Å². The van der Waals surface area contributed by atoms with E-state index in [0.717, 1.165) is 31.5 Å². The van der Waals surface area contributed by atoms with E-state index >= 15 is 0 Å². The molecule has 1 aliphatic heterocycles. The number of nitrogens with zero attached hydrogens (tertiary/aromatic N) is 2. The lowest BCUT2D eigenvalue weighted by Gasteiger charge is -2.23. The summed E-state index contributed by atoms with van der Waals surface area (Å²) < 4.78 is 10.8. The number of hydrogen-bond acceptors (Lipinski definition) is 5. The fraction of sp³-hybridized carbons (Fsp3) is 0.636. The van der Waals surface area contributed by atoms with E-state index in [4.69, 9.17) is 9.47 Å². The highest BCUT2D eigenvalue weighted by molar-refractivity contribution is 5.27. The Balaban J connectivity index is 2.01. The molecule has 2 rings (SSSR count). The van der Waals surface area contributed by atoms with Gasteiger partial charge in [0.2, 0.25) is 11.8 Å². The van der Waals surface area contributed by atoms with Crippen LogP contribution in [0.1, 0.15) is 18.4 Å². The number of aromatic nitrogens is 2. The van der Waals surface area contributed by atoms with E-state index in [1.54, 1.807) is 7.11 Å². The summed E-state index contributed by atoms with van der Waals surface area (Å²) in [5.74, 6) is 1.14. The van der Waals surface area contributed by atoms with Crippen LogP contribution in [0.5, 0.6) is 11.8 Å². The molecule has 1 N–H and O–H groups in total. The Morgan fingerprint density at radius 2 is 2.06 bits per heavy atom. The molecule has 0 aliphatic carbocycles. The van der Waals surface area contributed by atoms with Crippen molar-refractivity contribution in [3.63, 3.8) is 0 Å². The van der Waals surface area contributed by atoms with Crippen molar-refractivity contribution in [2.45, 2.75) is 25.9 Å². The molecule has 88 valence electrons. The fourth-order valence-corrected chi connectivity index (χ4v) is 1.79. The first kappa shape index (κ1) is 11.1. The Kier molecular flexibility index (Phi) is 3.56. The van der Waals surface area contributed by atoms with Crippen molar-refractivity contribution in [2.24, 2.45) is 0 Å². The van der Waals surface area contributed by atoms with Gasteiger partial charge in [-0.05, 0) is 32.9 Å². The fourth-order valence-electron chi connectivity index (χ4n) is 1.79. The van der Waals surface area contributed by atoms with Crippen LogP contribution in [0.3, 0.4) is 0 Å². The van der Waals surface area contributed by atoms with E-state index in [1.807, 2.05) is 13.0 Å². The SMILES string of the molecule is COc1nnc(OC2CCNCC2)cc1C. The molecule has 0 unspecified atom stereocenters. The lowest BCUT2D eigenvalue weighted by molar-refractivity contribution is 0.153. The third kappa shape index (κ3) is 2.61. The lowest BCUT2D eigenvalue weighted by Crippen LogP contribution is -2.34. The van der Waals surface area contributed by atoms with Crippen molar-refractivity contribution in [2.75, 3.05) is 20.2 Å². The highest BCUT2D eigenvalue weighted by Crippen LogP contribution is 2.19. The third-order valence-electron chi connectivity index (χ3n) is 2.68. The molecular formula is C11H17N3O2. The van der Waals surface area contributed by atoms with E-state index < -0.39 is 0 Å². The van der Waals surface area contributed by atoms with Crippen molar-refractivity contribution in [1.82, 2.24) is 15.5 Å². The molecule has 1 fully saturated rings. The van der Waals surface area contributed by atoms with Crippen LogP contribution in [-0.4, -0.2) is 36.5 Å². The number of methoxy groups -OCH3 is 1. The first-order valence-corrected chi connectivity index (χ1v) is 5.55. The zero-order chi connectivity index (χ0) is 11.4. The van der Waals surface area contributed by atoms with Gasteiger partial charge >= 0.3 is 0 Å². The molecule has 5 nitrogen and oxygen atoms in total. The van der Waals surface area contributed by atoms with Crippen LogP contribution >= 0.6 is 0 Å². The van der Waals surface area contributed by atoms with Gasteiger partial charge in [-0.1, -0.05) is 0 Å². The lowest BCUT2D eigenvalue weighted by atomic mass is 10.1. The maximum Gasteiger partial charge on any atom is 0.236 e. The summed E-state index contributed by atoms with van der Waals surface area (Å²) in [6.07, 6.45) is 2.29. The smallest absolute Gasteiger partial charge is 0.236 e.